The van der Waals surface area contributed by atoms with E-state index in [1.165, 1.54) is 18.6 Å². The summed E-state index contributed by atoms with van der Waals surface area (Å²) in [6.45, 7) is 8.00. The number of piperidine rings is 1. The van der Waals surface area contributed by atoms with Crippen LogP contribution in [0.5, 0.6) is 11.5 Å². The molecule has 21 heavy (non-hydrogen) atoms. The normalized spacial score (nSPS) is 23.9. The van der Waals surface area contributed by atoms with Gasteiger partial charge in [0.15, 0.2) is 11.5 Å². The van der Waals surface area contributed by atoms with E-state index in [1.54, 1.807) is 6.07 Å². The standard InChI is InChI=1S/C17H25NO3/c1-11-6-12(2)10-18(9-11)17(21)13(3)7-14-4-5-15(19)16(20)8-14/h4-5,8,11-13,19-20H,6-7,9-10H2,1-3H3. The first-order valence-electron chi connectivity index (χ1n) is 7.66. The third-order valence-electron chi connectivity index (χ3n) is 4.18. The summed E-state index contributed by atoms with van der Waals surface area (Å²) in [6, 6.07) is 4.74. The van der Waals surface area contributed by atoms with Crippen molar-refractivity contribution in [3.63, 3.8) is 0 Å². The molecule has 1 saturated heterocycles. The molecule has 116 valence electrons. The van der Waals surface area contributed by atoms with E-state index in [9.17, 15) is 15.0 Å². The van der Waals surface area contributed by atoms with Gasteiger partial charge in [0.2, 0.25) is 5.91 Å². The second kappa shape index (κ2) is 6.37. The van der Waals surface area contributed by atoms with E-state index in [-0.39, 0.29) is 23.3 Å². The number of amides is 1. The number of carbonyl (C=O) groups excluding carboxylic acids is 1. The molecular formula is C17H25NO3. The first-order chi connectivity index (χ1) is 9.86. The Morgan fingerprint density at radius 2 is 1.86 bits per heavy atom. The number of hydrogen-bond donors (Lipinski definition) is 2. The van der Waals surface area contributed by atoms with Crippen LogP contribution in [0.3, 0.4) is 0 Å². The molecule has 2 rings (SSSR count). The van der Waals surface area contributed by atoms with Crippen molar-refractivity contribution in [3.8, 4) is 11.5 Å². The van der Waals surface area contributed by atoms with Crippen LogP contribution in [-0.4, -0.2) is 34.1 Å². The Morgan fingerprint density at radius 3 is 2.43 bits per heavy atom. The van der Waals surface area contributed by atoms with Gasteiger partial charge in [0.1, 0.15) is 0 Å². The lowest BCUT2D eigenvalue weighted by molar-refractivity contribution is -0.137. The van der Waals surface area contributed by atoms with Crippen LogP contribution in [0.1, 0.15) is 32.8 Å². The molecule has 2 N–H and O–H groups in total. The molecule has 0 aliphatic carbocycles. The average molecular weight is 291 g/mol. The van der Waals surface area contributed by atoms with Crippen LogP contribution in [0.2, 0.25) is 0 Å². The van der Waals surface area contributed by atoms with E-state index < -0.39 is 0 Å². The monoisotopic (exact) mass is 291 g/mol. The fourth-order valence-electron chi connectivity index (χ4n) is 3.29. The van der Waals surface area contributed by atoms with Crippen molar-refractivity contribution in [2.45, 2.75) is 33.6 Å². The molecule has 0 saturated carbocycles. The van der Waals surface area contributed by atoms with Gasteiger partial charge in [0.05, 0.1) is 0 Å². The summed E-state index contributed by atoms with van der Waals surface area (Å²) >= 11 is 0. The van der Waals surface area contributed by atoms with Crippen molar-refractivity contribution < 1.29 is 15.0 Å². The highest BCUT2D eigenvalue weighted by Crippen LogP contribution is 2.27. The second-order valence-electron chi connectivity index (χ2n) is 6.62. The van der Waals surface area contributed by atoms with Crippen LogP contribution < -0.4 is 0 Å². The molecule has 4 nitrogen and oxygen atoms in total. The van der Waals surface area contributed by atoms with E-state index in [1.807, 2.05) is 11.8 Å². The molecule has 1 aliphatic rings. The Morgan fingerprint density at radius 1 is 1.24 bits per heavy atom. The quantitative estimate of drug-likeness (QED) is 0.842. The molecule has 1 aromatic carbocycles. The second-order valence-corrected chi connectivity index (χ2v) is 6.62. The number of nitrogens with zero attached hydrogens (tertiary/aromatic N) is 1. The maximum Gasteiger partial charge on any atom is 0.225 e. The van der Waals surface area contributed by atoms with Gasteiger partial charge < -0.3 is 15.1 Å². The van der Waals surface area contributed by atoms with Crippen LogP contribution in [0, 0.1) is 17.8 Å². The predicted molar refractivity (Wildman–Crippen MR) is 82.2 cm³/mol. The van der Waals surface area contributed by atoms with Crippen molar-refractivity contribution in [3.05, 3.63) is 23.8 Å². The molecule has 0 aromatic heterocycles. The fraction of sp³-hybridized carbons (Fsp3) is 0.588. The molecule has 0 spiro atoms. The first-order valence-corrected chi connectivity index (χ1v) is 7.66. The van der Waals surface area contributed by atoms with E-state index in [0.717, 1.165) is 18.7 Å². The highest BCUT2D eigenvalue weighted by atomic mass is 16.3. The fourth-order valence-corrected chi connectivity index (χ4v) is 3.29. The van der Waals surface area contributed by atoms with Gasteiger partial charge in [-0.3, -0.25) is 4.79 Å². The minimum absolute atomic E-state index is 0.119. The molecular weight excluding hydrogens is 266 g/mol. The molecule has 1 aliphatic heterocycles. The van der Waals surface area contributed by atoms with E-state index in [2.05, 4.69) is 13.8 Å². The molecule has 3 unspecified atom stereocenters. The van der Waals surface area contributed by atoms with Crippen LogP contribution in [-0.2, 0) is 11.2 Å². The summed E-state index contributed by atoms with van der Waals surface area (Å²) in [5.74, 6) is 0.918. The van der Waals surface area contributed by atoms with Crippen LogP contribution >= 0.6 is 0 Å². The van der Waals surface area contributed by atoms with Gasteiger partial charge in [-0.2, -0.15) is 0 Å². The first kappa shape index (κ1) is 15.7. The molecule has 0 radical (unpaired) electrons. The van der Waals surface area contributed by atoms with Crippen LogP contribution in [0.25, 0.3) is 0 Å². The van der Waals surface area contributed by atoms with Crippen LogP contribution in [0.15, 0.2) is 18.2 Å². The van der Waals surface area contributed by atoms with Crippen molar-refractivity contribution >= 4 is 5.91 Å². The zero-order valence-corrected chi connectivity index (χ0v) is 13.0. The Kier molecular flexibility index (Phi) is 4.76. The Balaban J connectivity index is 2.00. The van der Waals surface area contributed by atoms with Gasteiger partial charge in [0, 0.05) is 19.0 Å². The lowest BCUT2D eigenvalue weighted by Crippen LogP contribution is -2.45. The molecule has 1 amide bonds. The number of benzene rings is 1. The Bertz CT molecular complexity index is 505. The Labute approximate surface area is 126 Å². The van der Waals surface area contributed by atoms with Crippen molar-refractivity contribution in [2.75, 3.05) is 13.1 Å². The summed E-state index contributed by atoms with van der Waals surface area (Å²) in [5, 5.41) is 18.8. The summed E-state index contributed by atoms with van der Waals surface area (Å²) in [5.41, 5.74) is 0.865. The zero-order valence-electron chi connectivity index (χ0n) is 13.0. The highest BCUT2D eigenvalue weighted by Gasteiger charge is 2.28. The number of likely N-dealkylation sites (tertiary alicyclic amines) is 1. The van der Waals surface area contributed by atoms with Gasteiger partial charge in [0.25, 0.3) is 0 Å². The number of carbonyl (C=O) groups is 1. The molecule has 1 heterocycles. The third kappa shape index (κ3) is 3.90. The Hall–Kier alpha value is -1.71. The van der Waals surface area contributed by atoms with Gasteiger partial charge in [-0.05, 0) is 42.4 Å². The minimum atomic E-state index is -0.132. The van der Waals surface area contributed by atoms with Crippen LogP contribution in [0.4, 0.5) is 0 Å². The maximum atomic E-state index is 12.6. The summed E-state index contributed by atoms with van der Waals surface area (Å²) < 4.78 is 0. The zero-order chi connectivity index (χ0) is 15.6. The van der Waals surface area contributed by atoms with Gasteiger partial charge in [-0.25, -0.2) is 0 Å². The molecule has 3 atom stereocenters. The predicted octanol–water partition coefficient (Wildman–Crippen LogP) is 2.78. The van der Waals surface area contributed by atoms with Gasteiger partial charge in [-0.15, -0.1) is 0 Å². The van der Waals surface area contributed by atoms with Crippen molar-refractivity contribution in [1.82, 2.24) is 4.90 Å². The lowest BCUT2D eigenvalue weighted by Gasteiger charge is -2.36. The van der Waals surface area contributed by atoms with E-state index in [0.29, 0.717) is 18.3 Å². The molecule has 1 fully saturated rings. The number of rotatable bonds is 3. The van der Waals surface area contributed by atoms with E-state index in [4.69, 9.17) is 0 Å². The van der Waals surface area contributed by atoms with Crippen molar-refractivity contribution in [2.24, 2.45) is 17.8 Å². The maximum absolute atomic E-state index is 12.6. The number of aromatic hydroxyl groups is 2. The minimum Gasteiger partial charge on any atom is -0.504 e. The van der Waals surface area contributed by atoms with E-state index >= 15 is 0 Å². The topological polar surface area (TPSA) is 60.8 Å². The van der Waals surface area contributed by atoms with Gasteiger partial charge >= 0.3 is 0 Å². The number of phenolic OH excluding ortho intramolecular Hbond substituents is 2. The summed E-state index contributed by atoms with van der Waals surface area (Å²) in [4.78, 5) is 14.5. The molecule has 4 heteroatoms. The summed E-state index contributed by atoms with van der Waals surface area (Å²) in [6.07, 6.45) is 1.76. The highest BCUT2D eigenvalue weighted by molar-refractivity contribution is 5.79. The average Bonchev–Trinajstić information content (AvgIpc) is 2.41. The largest absolute Gasteiger partial charge is 0.504 e. The molecule has 0 bridgehead atoms. The number of phenols is 2. The third-order valence-corrected chi connectivity index (χ3v) is 4.18. The SMILES string of the molecule is CC1CC(C)CN(C(=O)C(C)Cc2ccc(O)c(O)c2)C1. The lowest BCUT2D eigenvalue weighted by atomic mass is 9.90. The van der Waals surface area contributed by atoms with Gasteiger partial charge in [-0.1, -0.05) is 26.8 Å². The smallest absolute Gasteiger partial charge is 0.225 e. The van der Waals surface area contributed by atoms with Crippen molar-refractivity contribution in [1.29, 1.82) is 0 Å². The molecule has 1 aromatic rings. The number of hydrogen-bond acceptors (Lipinski definition) is 3. The summed E-state index contributed by atoms with van der Waals surface area (Å²) in [7, 11) is 0.